The van der Waals surface area contributed by atoms with Crippen LogP contribution in [-0.2, 0) is 13.0 Å². The van der Waals surface area contributed by atoms with E-state index in [1.54, 1.807) is 19.1 Å². The molecule has 0 fully saturated rings. The molecule has 0 radical (unpaired) electrons. The Bertz CT molecular complexity index is 752. The number of aryl methyl sites for hydroxylation is 2. The maximum Gasteiger partial charge on any atom is 0.317 e. The summed E-state index contributed by atoms with van der Waals surface area (Å²) >= 11 is 0. The first-order chi connectivity index (χ1) is 12.0. The molecule has 1 aliphatic heterocycles. The SMILES string of the molecule is COc1cccc2c1OC[C@@H](NC(=O)N(C)Cc1c(C)noc1C)C2. The van der Waals surface area contributed by atoms with E-state index in [-0.39, 0.29) is 12.1 Å². The summed E-state index contributed by atoms with van der Waals surface area (Å²) in [6.07, 6.45) is 0.706. The number of benzene rings is 1. The Hall–Kier alpha value is -2.70. The highest BCUT2D eigenvalue weighted by Gasteiger charge is 2.25. The standard InChI is InChI=1S/C18H23N3O4/c1-11-15(12(2)25-20-11)9-21(3)18(22)19-14-8-13-6-5-7-16(23-4)17(13)24-10-14/h5-7,14H,8-10H2,1-4H3,(H,19,22)/t14-/m0/s1. The number of ether oxygens (including phenoxy) is 2. The van der Waals surface area contributed by atoms with Gasteiger partial charge >= 0.3 is 6.03 Å². The number of nitrogens with one attached hydrogen (secondary N) is 1. The van der Waals surface area contributed by atoms with Crippen LogP contribution in [0.25, 0.3) is 0 Å². The number of para-hydroxylation sites is 1. The number of amides is 2. The van der Waals surface area contributed by atoms with Crippen LogP contribution >= 0.6 is 0 Å². The fourth-order valence-corrected chi connectivity index (χ4v) is 2.97. The van der Waals surface area contributed by atoms with Gasteiger partial charge in [0.15, 0.2) is 11.5 Å². The third-order valence-corrected chi connectivity index (χ3v) is 4.43. The van der Waals surface area contributed by atoms with E-state index >= 15 is 0 Å². The van der Waals surface area contributed by atoms with Gasteiger partial charge in [0.1, 0.15) is 12.4 Å². The second-order valence-corrected chi connectivity index (χ2v) is 6.27. The van der Waals surface area contributed by atoms with Gasteiger partial charge in [0, 0.05) is 18.2 Å². The van der Waals surface area contributed by atoms with Crippen LogP contribution < -0.4 is 14.8 Å². The Kier molecular flexibility index (Phi) is 4.83. The van der Waals surface area contributed by atoms with Crippen LogP contribution in [-0.4, -0.2) is 42.9 Å². The molecule has 7 nitrogen and oxygen atoms in total. The molecule has 0 saturated heterocycles. The largest absolute Gasteiger partial charge is 0.493 e. The number of nitrogens with zero attached hydrogens (tertiary/aromatic N) is 2. The van der Waals surface area contributed by atoms with Crippen molar-refractivity contribution in [3.8, 4) is 11.5 Å². The summed E-state index contributed by atoms with van der Waals surface area (Å²) in [7, 11) is 3.37. The minimum Gasteiger partial charge on any atom is -0.493 e. The normalized spacial score (nSPS) is 15.9. The van der Waals surface area contributed by atoms with E-state index < -0.39 is 0 Å². The number of fused-ring (bicyclic) bond motifs is 1. The predicted molar refractivity (Wildman–Crippen MR) is 92.0 cm³/mol. The predicted octanol–water partition coefficient (Wildman–Crippen LogP) is 2.45. The summed E-state index contributed by atoms with van der Waals surface area (Å²) < 4.78 is 16.3. The van der Waals surface area contributed by atoms with Crippen molar-refractivity contribution in [3.63, 3.8) is 0 Å². The van der Waals surface area contributed by atoms with E-state index in [9.17, 15) is 4.79 Å². The number of carbonyl (C=O) groups excluding carboxylic acids is 1. The molecule has 2 amide bonds. The molecule has 0 bridgehead atoms. The van der Waals surface area contributed by atoms with Gasteiger partial charge in [-0.15, -0.1) is 0 Å². The average Bonchev–Trinajstić information content (AvgIpc) is 2.92. The first kappa shape index (κ1) is 17.1. The second-order valence-electron chi connectivity index (χ2n) is 6.27. The number of methoxy groups -OCH3 is 1. The van der Waals surface area contributed by atoms with Gasteiger partial charge in [0.2, 0.25) is 0 Å². The summed E-state index contributed by atoms with van der Waals surface area (Å²) in [6.45, 7) is 4.58. The summed E-state index contributed by atoms with van der Waals surface area (Å²) in [6, 6.07) is 5.55. The summed E-state index contributed by atoms with van der Waals surface area (Å²) in [5.74, 6) is 2.22. The lowest BCUT2D eigenvalue weighted by Crippen LogP contribution is -2.47. The monoisotopic (exact) mass is 345 g/mol. The molecule has 7 heteroatoms. The highest BCUT2D eigenvalue weighted by molar-refractivity contribution is 5.74. The minimum absolute atomic E-state index is 0.0841. The molecular weight excluding hydrogens is 322 g/mol. The van der Waals surface area contributed by atoms with Crippen molar-refractivity contribution in [2.24, 2.45) is 0 Å². The van der Waals surface area contributed by atoms with Gasteiger partial charge in [0.05, 0.1) is 25.4 Å². The first-order valence-corrected chi connectivity index (χ1v) is 8.21. The summed E-state index contributed by atoms with van der Waals surface area (Å²) in [4.78, 5) is 14.1. The molecule has 2 aromatic rings. The first-order valence-electron chi connectivity index (χ1n) is 8.21. The topological polar surface area (TPSA) is 76.8 Å². The zero-order chi connectivity index (χ0) is 18.0. The third kappa shape index (κ3) is 3.55. The third-order valence-electron chi connectivity index (χ3n) is 4.43. The highest BCUT2D eigenvalue weighted by atomic mass is 16.5. The van der Waals surface area contributed by atoms with Crippen molar-refractivity contribution in [2.45, 2.75) is 32.9 Å². The lowest BCUT2D eigenvalue weighted by molar-refractivity contribution is 0.185. The molecule has 1 aromatic heterocycles. The van der Waals surface area contributed by atoms with Gasteiger partial charge in [-0.05, 0) is 26.3 Å². The lowest BCUT2D eigenvalue weighted by atomic mass is 10.0. The highest BCUT2D eigenvalue weighted by Crippen LogP contribution is 2.34. The minimum atomic E-state index is -0.153. The number of hydrogen-bond acceptors (Lipinski definition) is 5. The van der Waals surface area contributed by atoms with Crippen LogP contribution in [0.3, 0.4) is 0 Å². The average molecular weight is 345 g/mol. The fraction of sp³-hybridized carbons (Fsp3) is 0.444. The van der Waals surface area contributed by atoms with E-state index in [0.717, 1.165) is 34.1 Å². The number of urea groups is 1. The van der Waals surface area contributed by atoms with Gasteiger partial charge in [-0.25, -0.2) is 4.79 Å². The van der Waals surface area contributed by atoms with E-state index in [1.165, 1.54) is 0 Å². The Labute approximate surface area is 146 Å². The molecule has 0 unspecified atom stereocenters. The number of hydrogen-bond donors (Lipinski definition) is 1. The molecule has 1 N–H and O–H groups in total. The van der Waals surface area contributed by atoms with Crippen LogP contribution in [0.4, 0.5) is 4.79 Å². The van der Waals surface area contributed by atoms with Crippen molar-refractivity contribution in [3.05, 3.63) is 40.8 Å². The quantitative estimate of drug-likeness (QED) is 0.921. The fourth-order valence-electron chi connectivity index (χ4n) is 2.97. The van der Waals surface area contributed by atoms with Gasteiger partial charge in [0.25, 0.3) is 0 Å². The van der Waals surface area contributed by atoms with E-state index in [2.05, 4.69) is 10.5 Å². The molecule has 2 heterocycles. The molecule has 25 heavy (non-hydrogen) atoms. The summed E-state index contributed by atoms with van der Waals surface area (Å²) in [5.41, 5.74) is 2.77. The number of rotatable bonds is 4. The molecule has 1 aromatic carbocycles. The Morgan fingerprint density at radius 2 is 2.24 bits per heavy atom. The van der Waals surface area contributed by atoms with Gasteiger partial charge < -0.3 is 24.2 Å². The Balaban J connectivity index is 1.62. The molecule has 134 valence electrons. The van der Waals surface area contributed by atoms with Crippen molar-refractivity contribution in [1.82, 2.24) is 15.4 Å². The smallest absolute Gasteiger partial charge is 0.317 e. The van der Waals surface area contributed by atoms with Crippen LogP contribution in [0, 0.1) is 13.8 Å². The zero-order valence-electron chi connectivity index (χ0n) is 15.0. The molecule has 1 atom stereocenters. The van der Waals surface area contributed by atoms with E-state index in [1.807, 2.05) is 32.0 Å². The molecule has 0 spiro atoms. The van der Waals surface area contributed by atoms with Crippen molar-refractivity contribution in [1.29, 1.82) is 0 Å². The zero-order valence-corrected chi connectivity index (χ0v) is 15.0. The summed E-state index contributed by atoms with van der Waals surface area (Å²) in [5, 5.41) is 6.94. The maximum absolute atomic E-state index is 12.5. The molecule has 0 aliphatic carbocycles. The van der Waals surface area contributed by atoms with Gasteiger partial charge in [-0.3, -0.25) is 0 Å². The lowest BCUT2D eigenvalue weighted by Gasteiger charge is -2.29. The van der Waals surface area contributed by atoms with Crippen LogP contribution in [0.1, 0.15) is 22.6 Å². The van der Waals surface area contributed by atoms with Crippen molar-refractivity contribution < 1.29 is 18.8 Å². The van der Waals surface area contributed by atoms with Crippen molar-refractivity contribution in [2.75, 3.05) is 20.8 Å². The molecular formula is C18H23N3O4. The maximum atomic E-state index is 12.5. The number of aromatic nitrogens is 1. The van der Waals surface area contributed by atoms with Crippen LogP contribution in [0.15, 0.2) is 22.7 Å². The van der Waals surface area contributed by atoms with Gasteiger partial charge in [-0.1, -0.05) is 17.3 Å². The van der Waals surface area contributed by atoms with Crippen LogP contribution in [0.5, 0.6) is 11.5 Å². The molecule has 0 saturated carbocycles. The van der Waals surface area contributed by atoms with Gasteiger partial charge in [-0.2, -0.15) is 0 Å². The Morgan fingerprint density at radius 3 is 2.92 bits per heavy atom. The number of carbonyl (C=O) groups is 1. The molecule has 1 aliphatic rings. The molecule has 3 rings (SSSR count). The Morgan fingerprint density at radius 1 is 1.44 bits per heavy atom. The second kappa shape index (κ2) is 7.04. The van der Waals surface area contributed by atoms with E-state index in [0.29, 0.717) is 19.6 Å². The van der Waals surface area contributed by atoms with E-state index in [4.69, 9.17) is 14.0 Å². The van der Waals surface area contributed by atoms with Crippen LogP contribution in [0.2, 0.25) is 0 Å². The van der Waals surface area contributed by atoms with Crippen molar-refractivity contribution >= 4 is 6.03 Å².